The van der Waals surface area contributed by atoms with Crippen molar-refractivity contribution >= 4 is 17.4 Å². The molecule has 0 atom stereocenters. The fourth-order valence-electron chi connectivity index (χ4n) is 4.17. The molecule has 0 radical (unpaired) electrons. The number of nitrogens with one attached hydrogen (secondary N) is 1. The van der Waals surface area contributed by atoms with Crippen molar-refractivity contribution in [2.75, 3.05) is 39.3 Å². The summed E-state index contributed by atoms with van der Waals surface area (Å²) in [4.78, 5) is 21.5. The third kappa shape index (κ3) is 6.95. The lowest BCUT2D eigenvalue weighted by atomic mass is 10.1. The van der Waals surface area contributed by atoms with E-state index < -0.39 is 0 Å². The molecule has 1 saturated heterocycles. The van der Waals surface area contributed by atoms with E-state index in [9.17, 15) is 4.79 Å². The summed E-state index contributed by atoms with van der Waals surface area (Å²) in [5.74, 6) is 0. The zero-order valence-electron chi connectivity index (χ0n) is 18.2. The van der Waals surface area contributed by atoms with Crippen LogP contribution in [-0.2, 0) is 24.2 Å². The summed E-state index contributed by atoms with van der Waals surface area (Å²) in [6.45, 7) is 6.34. The molecule has 0 spiro atoms. The molecule has 1 amide bonds. The second-order valence-corrected chi connectivity index (χ2v) is 9.37. The van der Waals surface area contributed by atoms with Gasteiger partial charge in [-0.2, -0.15) is 0 Å². The molecule has 0 aliphatic carbocycles. The molecule has 1 N–H and O–H groups in total. The lowest BCUT2D eigenvalue weighted by Crippen LogP contribution is -2.37. The van der Waals surface area contributed by atoms with E-state index in [4.69, 9.17) is 9.57 Å². The lowest BCUT2D eigenvalue weighted by molar-refractivity contribution is -0.110. The van der Waals surface area contributed by atoms with E-state index >= 15 is 0 Å². The number of hydrogen-bond acceptors (Lipinski definition) is 6. The normalized spacial score (nSPS) is 16.8. The first-order valence-corrected chi connectivity index (χ1v) is 12.3. The molecule has 1 aromatic heterocycles. The van der Waals surface area contributed by atoms with Crippen LogP contribution in [0.15, 0.2) is 36.4 Å². The summed E-state index contributed by atoms with van der Waals surface area (Å²) >= 11 is 1.74. The number of carbonyl (C=O) groups is 1. The van der Waals surface area contributed by atoms with Gasteiger partial charge in [-0.3, -0.25) is 0 Å². The summed E-state index contributed by atoms with van der Waals surface area (Å²) in [6.07, 6.45) is 6.10. The van der Waals surface area contributed by atoms with E-state index in [0.29, 0.717) is 13.1 Å². The summed E-state index contributed by atoms with van der Waals surface area (Å²) in [5.41, 5.74) is 2.50. The van der Waals surface area contributed by atoms with Gasteiger partial charge >= 0.3 is 6.09 Å². The maximum absolute atomic E-state index is 12.1. The van der Waals surface area contributed by atoms with Crippen LogP contribution < -0.4 is 10.1 Å². The Labute approximate surface area is 189 Å². The zero-order chi connectivity index (χ0) is 21.3. The number of hydrogen-bond donors (Lipinski definition) is 1. The third-order valence-corrected chi connectivity index (χ3v) is 6.99. The third-order valence-electron chi connectivity index (χ3n) is 5.84. The van der Waals surface area contributed by atoms with Crippen molar-refractivity contribution in [3.8, 4) is 5.06 Å². The molecule has 2 aliphatic heterocycles. The predicted octanol–water partition coefficient (Wildman–Crippen LogP) is 4.24. The van der Waals surface area contributed by atoms with E-state index in [1.165, 1.54) is 41.9 Å². The van der Waals surface area contributed by atoms with Crippen LogP contribution in [0, 0.1) is 0 Å². The molecule has 6 nitrogen and oxygen atoms in total. The Morgan fingerprint density at radius 1 is 1.10 bits per heavy atom. The Morgan fingerprint density at radius 2 is 1.94 bits per heavy atom. The molecule has 1 fully saturated rings. The fraction of sp³-hybridized carbons (Fsp3) is 0.542. The highest BCUT2D eigenvalue weighted by Gasteiger charge is 2.22. The highest BCUT2D eigenvalue weighted by atomic mass is 32.1. The van der Waals surface area contributed by atoms with Crippen molar-refractivity contribution in [1.82, 2.24) is 15.3 Å². The van der Waals surface area contributed by atoms with Crippen LogP contribution >= 0.6 is 11.3 Å². The Kier molecular flexibility index (Phi) is 8.21. The SMILES string of the molecule is O=C(NCCCc1ccccc1)ON1CCc2sc(OCCCN3CCCC3)cc2C1. The minimum absolute atomic E-state index is 0.370. The van der Waals surface area contributed by atoms with Gasteiger partial charge in [-0.1, -0.05) is 30.3 Å². The average Bonchev–Trinajstić information content (AvgIpc) is 3.44. The molecule has 2 aliphatic rings. The van der Waals surface area contributed by atoms with Crippen molar-refractivity contribution in [1.29, 1.82) is 0 Å². The largest absolute Gasteiger partial charge is 0.484 e. The number of hydroxylamine groups is 2. The summed E-state index contributed by atoms with van der Waals surface area (Å²) in [6, 6.07) is 12.4. The molecule has 0 saturated carbocycles. The molecule has 2 aromatic rings. The predicted molar refractivity (Wildman–Crippen MR) is 123 cm³/mol. The van der Waals surface area contributed by atoms with Gasteiger partial charge in [0.25, 0.3) is 0 Å². The van der Waals surface area contributed by atoms with Crippen molar-refractivity contribution in [2.24, 2.45) is 0 Å². The van der Waals surface area contributed by atoms with Crippen LogP contribution in [0.4, 0.5) is 4.79 Å². The maximum Gasteiger partial charge on any atom is 0.426 e. The summed E-state index contributed by atoms with van der Waals surface area (Å²) in [7, 11) is 0. The Balaban J connectivity index is 1.12. The number of thiophene rings is 1. The van der Waals surface area contributed by atoms with Crippen molar-refractivity contribution in [3.63, 3.8) is 0 Å². The highest BCUT2D eigenvalue weighted by Crippen LogP contribution is 2.33. The second kappa shape index (κ2) is 11.5. The molecular formula is C24H33N3O3S. The molecule has 0 bridgehead atoms. The molecular weight excluding hydrogens is 410 g/mol. The molecule has 7 heteroatoms. The first-order valence-electron chi connectivity index (χ1n) is 11.5. The Bertz CT molecular complexity index is 821. The summed E-state index contributed by atoms with van der Waals surface area (Å²) < 4.78 is 5.99. The van der Waals surface area contributed by atoms with Gasteiger partial charge in [0.05, 0.1) is 13.2 Å². The fourth-order valence-corrected chi connectivity index (χ4v) is 5.21. The monoisotopic (exact) mass is 443 g/mol. The van der Waals surface area contributed by atoms with E-state index in [-0.39, 0.29) is 6.09 Å². The molecule has 31 heavy (non-hydrogen) atoms. The number of aryl methyl sites for hydroxylation is 1. The quantitative estimate of drug-likeness (QED) is 0.557. The zero-order valence-corrected chi connectivity index (χ0v) is 19.0. The molecule has 4 rings (SSSR count). The van der Waals surface area contributed by atoms with Gasteiger partial charge in [-0.15, -0.1) is 16.4 Å². The van der Waals surface area contributed by atoms with Gasteiger partial charge < -0.3 is 19.8 Å². The van der Waals surface area contributed by atoms with Gasteiger partial charge in [0.1, 0.15) is 0 Å². The standard InChI is InChI=1S/C24H33N3O3S/c28-24(25-12-6-10-20-8-2-1-3-9-20)30-27-16-11-22-21(19-27)18-23(31-22)29-17-7-15-26-13-4-5-14-26/h1-3,8-9,18H,4-7,10-17,19H2,(H,25,28). The number of amides is 1. The number of ether oxygens (including phenoxy) is 1. The Morgan fingerprint density at radius 3 is 2.77 bits per heavy atom. The molecule has 1 aromatic carbocycles. The van der Waals surface area contributed by atoms with Crippen LogP contribution in [0.2, 0.25) is 0 Å². The van der Waals surface area contributed by atoms with E-state index in [1.54, 1.807) is 16.4 Å². The number of carbonyl (C=O) groups excluding carboxylic acids is 1. The second-order valence-electron chi connectivity index (χ2n) is 8.27. The van der Waals surface area contributed by atoms with Gasteiger partial charge in [0, 0.05) is 24.5 Å². The van der Waals surface area contributed by atoms with E-state index in [2.05, 4.69) is 28.4 Å². The minimum atomic E-state index is -0.370. The Hall–Kier alpha value is -2.09. The van der Waals surface area contributed by atoms with E-state index in [0.717, 1.165) is 50.4 Å². The van der Waals surface area contributed by atoms with Crippen LogP contribution in [0.1, 0.15) is 41.7 Å². The summed E-state index contributed by atoms with van der Waals surface area (Å²) in [5, 5.41) is 5.59. The van der Waals surface area contributed by atoms with Crippen molar-refractivity contribution in [3.05, 3.63) is 52.4 Å². The lowest BCUT2D eigenvalue weighted by Gasteiger charge is -2.25. The van der Waals surface area contributed by atoms with Crippen LogP contribution in [0.25, 0.3) is 0 Å². The minimum Gasteiger partial charge on any atom is -0.484 e. The number of rotatable bonds is 10. The number of fused-ring (bicyclic) bond motifs is 1. The molecule has 168 valence electrons. The van der Waals surface area contributed by atoms with Crippen LogP contribution in [0.5, 0.6) is 5.06 Å². The van der Waals surface area contributed by atoms with E-state index in [1.807, 2.05) is 18.2 Å². The van der Waals surface area contributed by atoms with Gasteiger partial charge in [0.15, 0.2) is 5.06 Å². The first kappa shape index (κ1) is 22.1. The molecule has 3 heterocycles. The van der Waals surface area contributed by atoms with Crippen molar-refractivity contribution in [2.45, 2.75) is 45.1 Å². The van der Waals surface area contributed by atoms with Crippen LogP contribution in [0.3, 0.4) is 0 Å². The molecule has 0 unspecified atom stereocenters. The van der Waals surface area contributed by atoms with Gasteiger partial charge in [-0.25, -0.2) is 4.79 Å². The van der Waals surface area contributed by atoms with Crippen LogP contribution in [-0.4, -0.2) is 55.4 Å². The smallest absolute Gasteiger partial charge is 0.426 e. The number of nitrogens with zero attached hydrogens (tertiary/aromatic N) is 2. The topological polar surface area (TPSA) is 54.0 Å². The first-order chi connectivity index (χ1) is 15.3. The average molecular weight is 444 g/mol. The van der Waals surface area contributed by atoms with Gasteiger partial charge in [0.2, 0.25) is 0 Å². The number of benzene rings is 1. The highest BCUT2D eigenvalue weighted by molar-refractivity contribution is 7.14. The number of likely N-dealkylation sites (tertiary alicyclic amines) is 1. The van der Waals surface area contributed by atoms with Gasteiger partial charge in [-0.05, 0) is 68.8 Å². The van der Waals surface area contributed by atoms with Crippen molar-refractivity contribution < 1.29 is 14.4 Å². The maximum atomic E-state index is 12.1.